The highest BCUT2D eigenvalue weighted by Gasteiger charge is 2.32. The summed E-state index contributed by atoms with van der Waals surface area (Å²) in [6.07, 6.45) is 3.14. The van der Waals surface area contributed by atoms with Gasteiger partial charge in [-0.15, -0.1) is 0 Å². The van der Waals surface area contributed by atoms with Crippen molar-refractivity contribution >= 4 is 34.5 Å². The van der Waals surface area contributed by atoms with Gasteiger partial charge in [0.2, 0.25) is 0 Å². The van der Waals surface area contributed by atoms with Gasteiger partial charge in [-0.05, 0) is 29.8 Å². The van der Waals surface area contributed by atoms with Gasteiger partial charge in [-0.2, -0.15) is 0 Å². The summed E-state index contributed by atoms with van der Waals surface area (Å²) in [6, 6.07) is 12.2. The summed E-state index contributed by atoms with van der Waals surface area (Å²) in [5, 5.41) is 12.8. The highest BCUT2D eigenvalue weighted by Crippen LogP contribution is 2.31. The number of ether oxygens (including phenoxy) is 1. The predicted molar refractivity (Wildman–Crippen MR) is 101 cm³/mol. The number of imide groups is 1. The number of fused-ring (bicyclic) bond motifs is 1. The van der Waals surface area contributed by atoms with E-state index < -0.39 is 11.8 Å². The normalized spacial score (nSPS) is 14.4. The van der Waals surface area contributed by atoms with Crippen LogP contribution in [0.25, 0.3) is 16.5 Å². The molecule has 7 nitrogen and oxygen atoms in total. The van der Waals surface area contributed by atoms with Crippen LogP contribution in [0.2, 0.25) is 0 Å². The van der Waals surface area contributed by atoms with E-state index in [-0.39, 0.29) is 22.8 Å². The zero-order chi connectivity index (χ0) is 19.0. The Morgan fingerprint density at radius 1 is 1.11 bits per heavy atom. The van der Waals surface area contributed by atoms with Crippen LogP contribution in [0.5, 0.6) is 11.5 Å². The van der Waals surface area contributed by atoms with Crippen LogP contribution in [0.3, 0.4) is 0 Å². The molecule has 134 valence electrons. The van der Waals surface area contributed by atoms with E-state index in [4.69, 9.17) is 4.74 Å². The Morgan fingerprint density at radius 3 is 2.74 bits per heavy atom. The summed E-state index contributed by atoms with van der Waals surface area (Å²) in [7, 11) is 1.44. The molecule has 0 saturated carbocycles. The number of methoxy groups -OCH3 is 1. The van der Waals surface area contributed by atoms with Gasteiger partial charge in [0.05, 0.1) is 12.7 Å². The molecular formula is C20H15N3O4. The molecule has 1 aromatic heterocycles. The quantitative estimate of drug-likeness (QED) is 0.490. The number of hydrogen-bond donors (Lipinski definition) is 3. The first kappa shape index (κ1) is 16.6. The van der Waals surface area contributed by atoms with E-state index in [9.17, 15) is 14.7 Å². The van der Waals surface area contributed by atoms with Gasteiger partial charge >= 0.3 is 0 Å². The molecule has 2 aromatic carbocycles. The molecule has 0 saturated heterocycles. The molecule has 27 heavy (non-hydrogen) atoms. The lowest BCUT2D eigenvalue weighted by atomic mass is 10.0. The number of phenols is 1. The van der Waals surface area contributed by atoms with Gasteiger partial charge in [-0.1, -0.05) is 18.2 Å². The molecule has 2 amide bonds. The van der Waals surface area contributed by atoms with Crippen LogP contribution in [0.4, 0.5) is 0 Å². The highest BCUT2D eigenvalue weighted by molar-refractivity contribution is 6.37. The summed E-state index contributed by atoms with van der Waals surface area (Å²) in [5.41, 5.74) is 2.35. The second-order valence-electron chi connectivity index (χ2n) is 5.94. The minimum atomic E-state index is -0.553. The minimum Gasteiger partial charge on any atom is -0.504 e. The maximum atomic E-state index is 12.4. The molecule has 0 unspecified atom stereocenters. The molecule has 3 aromatic rings. The van der Waals surface area contributed by atoms with Crippen molar-refractivity contribution in [2.75, 3.05) is 7.11 Å². The van der Waals surface area contributed by atoms with Crippen molar-refractivity contribution in [3.05, 3.63) is 65.5 Å². The van der Waals surface area contributed by atoms with E-state index in [1.54, 1.807) is 18.3 Å². The minimum absolute atomic E-state index is 0.00198. The first-order valence-corrected chi connectivity index (χ1v) is 8.16. The van der Waals surface area contributed by atoms with Gasteiger partial charge in [-0.3, -0.25) is 14.9 Å². The average molecular weight is 361 g/mol. The lowest BCUT2D eigenvalue weighted by Crippen LogP contribution is -2.22. The van der Waals surface area contributed by atoms with Crippen molar-refractivity contribution in [1.82, 2.24) is 10.3 Å². The number of H-pyrrole nitrogens is 1. The van der Waals surface area contributed by atoms with Crippen LogP contribution >= 0.6 is 0 Å². The molecule has 0 aliphatic carbocycles. The third-order valence-corrected chi connectivity index (χ3v) is 4.31. The number of carbonyl (C=O) groups is 2. The van der Waals surface area contributed by atoms with Gasteiger partial charge in [-0.25, -0.2) is 4.99 Å². The van der Waals surface area contributed by atoms with Crippen LogP contribution < -0.4 is 10.1 Å². The molecule has 0 bridgehead atoms. The third kappa shape index (κ3) is 2.85. The Labute approximate surface area is 154 Å². The molecule has 0 spiro atoms. The first-order valence-electron chi connectivity index (χ1n) is 8.16. The fourth-order valence-corrected chi connectivity index (χ4v) is 3.01. The molecule has 0 radical (unpaired) electrons. The lowest BCUT2D eigenvalue weighted by Gasteiger charge is -2.03. The Hall–Kier alpha value is -3.87. The molecule has 7 heteroatoms. The standard InChI is InChI=1S/C20H15N3O4/c1-27-16-8-11(6-7-15(16)24)9-22-18-17(19(25)23-20(18)26)13-10-21-14-5-3-2-4-12(13)14/h2-10,21,24H,1H3,(H,23,25,26). The number of rotatable bonds is 4. The zero-order valence-corrected chi connectivity index (χ0v) is 14.3. The topological polar surface area (TPSA) is 104 Å². The monoisotopic (exact) mass is 361 g/mol. The Kier molecular flexibility index (Phi) is 3.97. The fraction of sp³-hybridized carbons (Fsp3) is 0.0500. The number of nitrogens with one attached hydrogen (secondary N) is 2. The van der Waals surface area contributed by atoms with E-state index >= 15 is 0 Å². The largest absolute Gasteiger partial charge is 0.504 e. The van der Waals surface area contributed by atoms with Gasteiger partial charge < -0.3 is 14.8 Å². The van der Waals surface area contributed by atoms with Crippen LogP contribution in [0.15, 0.2) is 59.4 Å². The number of nitrogens with zero attached hydrogens (tertiary/aromatic N) is 1. The first-order chi connectivity index (χ1) is 13.1. The summed E-state index contributed by atoms with van der Waals surface area (Å²) in [6.45, 7) is 0. The number of amides is 2. The fourth-order valence-electron chi connectivity index (χ4n) is 3.01. The van der Waals surface area contributed by atoms with Crippen LogP contribution in [0.1, 0.15) is 11.1 Å². The predicted octanol–water partition coefficient (Wildman–Crippen LogP) is 2.37. The van der Waals surface area contributed by atoms with Crippen LogP contribution in [-0.4, -0.2) is 35.2 Å². The average Bonchev–Trinajstić information content (AvgIpc) is 3.21. The highest BCUT2D eigenvalue weighted by atomic mass is 16.5. The van der Waals surface area contributed by atoms with Gasteiger partial charge in [0.25, 0.3) is 11.8 Å². The van der Waals surface area contributed by atoms with E-state index in [1.165, 1.54) is 19.4 Å². The molecule has 0 fully saturated rings. The van der Waals surface area contributed by atoms with E-state index in [2.05, 4.69) is 15.3 Å². The van der Waals surface area contributed by atoms with E-state index in [1.807, 2.05) is 24.3 Å². The van der Waals surface area contributed by atoms with Crippen molar-refractivity contribution in [3.8, 4) is 11.5 Å². The van der Waals surface area contributed by atoms with Crippen molar-refractivity contribution < 1.29 is 19.4 Å². The molecule has 1 aliphatic heterocycles. The van der Waals surface area contributed by atoms with Gasteiger partial charge in [0, 0.05) is 28.9 Å². The maximum Gasteiger partial charge on any atom is 0.277 e. The molecule has 3 N–H and O–H groups in total. The second kappa shape index (κ2) is 6.45. The summed E-state index contributed by atoms with van der Waals surface area (Å²) in [5.74, 6) is -0.749. The van der Waals surface area contributed by atoms with Crippen molar-refractivity contribution in [2.45, 2.75) is 0 Å². The molecule has 1 aliphatic rings. The summed E-state index contributed by atoms with van der Waals surface area (Å²) >= 11 is 0. The number of aromatic amines is 1. The number of aromatic nitrogens is 1. The van der Waals surface area contributed by atoms with Crippen molar-refractivity contribution in [2.24, 2.45) is 4.99 Å². The number of benzene rings is 2. The number of aliphatic imine (C=N–C) groups is 1. The Balaban J connectivity index is 1.80. The molecule has 0 atom stereocenters. The lowest BCUT2D eigenvalue weighted by molar-refractivity contribution is -0.123. The summed E-state index contributed by atoms with van der Waals surface area (Å²) in [4.78, 5) is 31.9. The molecule has 4 rings (SSSR count). The van der Waals surface area contributed by atoms with Gasteiger partial charge in [0.1, 0.15) is 5.70 Å². The molecule has 2 heterocycles. The maximum absolute atomic E-state index is 12.4. The number of para-hydroxylation sites is 1. The second-order valence-corrected chi connectivity index (χ2v) is 5.94. The Bertz CT molecular complexity index is 1140. The van der Waals surface area contributed by atoms with Gasteiger partial charge in [0.15, 0.2) is 11.5 Å². The van der Waals surface area contributed by atoms with Crippen LogP contribution in [-0.2, 0) is 9.59 Å². The van der Waals surface area contributed by atoms with Crippen LogP contribution in [0, 0.1) is 0 Å². The van der Waals surface area contributed by atoms with E-state index in [0.717, 1.165) is 10.9 Å². The summed E-state index contributed by atoms with van der Waals surface area (Å²) < 4.78 is 5.06. The SMILES string of the molecule is COc1cc(C=NC2=C(c3c[nH]c4ccccc34)C(=O)NC2=O)ccc1O. The number of aromatic hydroxyl groups is 1. The van der Waals surface area contributed by atoms with Crippen molar-refractivity contribution in [1.29, 1.82) is 0 Å². The smallest absolute Gasteiger partial charge is 0.277 e. The third-order valence-electron chi connectivity index (χ3n) is 4.31. The number of phenolic OH excluding ortho intramolecular Hbond substituents is 1. The number of carbonyl (C=O) groups excluding carboxylic acids is 2. The number of hydrogen-bond acceptors (Lipinski definition) is 5. The molecular weight excluding hydrogens is 346 g/mol. The van der Waals surface area contributed by atoms with E-state index in [0.29, 0.717) is 11.1 Å². The zero-order valence-electron chi connectivity index (χ0n) is 14.3. The van der Waals surface area contributed by atoms with Crippen molar-refractivity contribution in [3.63, 3.8) is 0 Å². The Morgan fingerprint density at radius 2 is 1.93 bits per heavy atom.